The quantitative estimate of drug-likeness (QED) is 0.756. The van der Waals surface area contributed by atoms with Crippen LogP contribution < -0.4 is 0 Å². The molecule has 0 spiro atoms. The summed E-state index contributed by atoms with van der Waals surface area (Å²) >= 11 is 1.30. The van der Waals surface area contributed by atoms with Gasteiger partial charge in [-0.05, 0) is 19.3 Å². The number of hydrogen-bond donors (Lipinski definition) is 1. The summed E-state index contributed by atoms with van der Waals surface area (Å²) in [7, 11) is 1.52. The molecule has 1 heterocycles. The number of aromatic nitrogens is 3. The van der Waals surface area contributed by atoms with Gasteiger partial charge in [0.25, 0.3) is 0 Å². The molecule has 1 aromatic heterocycles. The van der Waals surface area contributed by atoms with Crippen LogP contribution in [-0.4, -0.2) is 55.5 Å². The number of carboxylic acids is 1. The van der Waals surface area contributed by atoms with Crippen LogP contribution in [0.1, 0.15) is 32.2 Å². The number of thioether (sulfide) groups is 1. The number of nitrogens with zero attached hydrogens (tertiary/aromatic N) is 4. The number of carbonyl (C=O) groups is 2. The SMILES string of the molecule is CCC(C(=O)O)N(C)C(=O)CSc1nncn1C1CC1. The van der Waals surface area contributed by atoms with Gasteiger partial charge in [0.05, 0.1) is 5.75 Å². The van der Waals surface area contributed by atoms with E-state index < -0.39 is 12.0 Å². The van der Waals surface area contributed by atoms with E-state index in [1.54, 1.807) is 13.3 Å². The summed E-state index contributed by atoms with van der Waals surface area (Å²) in [5.41, 5.74) is 0. The minimum Gasteiger partial charge on any atom is -0.480 e. The summed E-state index contributed by atoms with van der Waals surface area (Å²) in [5.74, 6) is -1.02. The van der Waals surface area contributed by atoms with Crippen LogP contribution in [0.2, 0.25) is 0 Å². The summed E-state index contributed by atoms with van der Waals surface area (Å²) in [5, 5.41) is 17.6. The van der Waals surface area contributed by atoms with Crippen LogP contribution in [0, 0.1) is 0 Å². The summed E-state index contributed by atoms with van der Waals surface area (Å²) in [6.07, 6.45) is 4.31. The molecule has 1 fully saturated rings. The monoisotopic (exact) mass is 298 g/mol. The van der Waals surface area contributed by atoms with E-state index in [4.69, 9.17) is 5.11 Å². The molecule has 0 aliphatic heterocycles. The van der Waals surface area contributed by atoms with E-state index in [0.717, 1.165) is 18.0 Å². The fourth-order valence-electron chi connectivity index (χ4n) is 1.95. The van der Waals surface area contributed by atoms with Crippen molar-refractivity contribution in [2.75, 3.05) is 12.8 Å². The minimum atomic E-state index is -0.977. The first kappa shape index (κ1) is 14.8. The molecular formula is C12H18N4O3S. The second-order valence-electron chi connectivity index (χ2n) is 4.81. The molecule has 20 heavy (non-hydrogen) atoms. The van der Waals surface area contributed by atoms with Crippen LogP contribution in [-0.2, 0) is 9.59 Å². The van der Waals surface area contributed by atoms with E-state index in [1.165, 1.54) is 23.7 Å². The summed E-state index contributed by atoms with van der Waals surface area (Å²) in [6.45, 7) is 1.75. The fourth-order valence-corrected chi connectivity index (χ4v) is 2.86. The molecule has 110 valence electrons. The molecule has 1 aliphatic rings. The lowest BCUT2D eigenvalue weighted by atomic mass is 10.2. The molecule has 1 aromatic rings. The molecule has 1 saturated carbocycles. The van der Waals surface area contributed by atoms with Crippen molar-refractivity contribution in [1.29, 1.82) is 0 Å². The number of carbonyl (C=O) groups excluding carboxylic acids is 1. The Bertz CT molecular complexity index is 501. The van der Waals surface area contributed by atoms with E-state index in [0.29, 0.717) is 12.5 Å². The van der Waals surface area contributed by atoms with Crippen molar-refractivity contribution < 1.29 is 14.7 Å². The molecule has 1 N–H and O–H groups in total. The van der Waals surface area contributed by atoms with Crippen molar-refractivity contribution in [2.24, 2.45) is 0 Å². The zero-order valence-electron chi connectivity index (χ0n) is 11.5. The molecule has 0 saturated heterocycles. The van der Waals surface area contributed by atoms with E-state index in [-0.39, 0.29) is 11.7 Å². The van der Waals surface area contributed by atoms with Crippen molar-refractivity contribution in [1.82, 2.24) is 19.7 Å². The van der Waals surface area contributed by atoms with E-state index in [1.807, 2.05) is 4.57 Å². The Kier molecular flexibility index (Phi) is 4.64. The van der Waals surface area contributed by atoms with Gasteiger partial charge in [0, 0.05) is 13.1 Å². The van der Waals surface area contributed by atoms with Crippen LogP contribution in [0.4, 0.5) is 0 Å². The predicted octanol–water partition coefficient (Wildman–Crippen LogP) is 1.03. The van der Waals surface area contributed by atoms with Gasteiger partial charge in [-0.2, -0.15) is 0 Å². The Hall–Kier alpha value is -1.57. The number of amides is 1. The summed E-state index contributed by atoms with van der Waals surface area (Å²) in [4.78, 5) is 24.3. The third kappa shape index (κ3) is 3.30. The first-order chi connectivity index (χ1) is 9.54. The Labute approximate surface area is 121 Å². The Morgan fingerprint density at radius 1 is 1.60 bits per heavy atom. The molecule has 1 aliphatic carbocycles. The van der Waals surface area contributed by atoms with Gasteiger partial charge in [-0.25, -0.2) is 4.79 Å². The highest BCUT2D eigenvalue weighted by molar-refractivity contribution is 7.99. The lowest BCUT2D eigenvalue weighted by molar-refractivity contribution is -0.148. The minimum absolute atomic E-state index is 0.172. The maximum Gasteiger partial charge on any atom is 0.326 e. The first-order valence-electron chi connectivity index (χ1n) is 6.55. The van der Waals surface area contributed by atoms with Gasteiger partial charge in [-0.15, -0.1) is 10.2 Å². The highest BCUT2D eigenvalue weighted by Gasteiger charge is 2.28. The molecule has 0 aromatic carbocycles. The molecular weight excluding hydrogens is 280 g/mol. The zero-order chi connectivity index (χ0) is 14.7. The number of likely N-dealkylation sites (N-methyl/N-ethyl adjacent to an activating group) is 1. The van der Waals surface area contributed by atoms with Crippen LogP contribution in [0.3, 0.4) is 0 Å². The fraction of sp³-hybridized carbons (Fsp3) is 0.667. The van der Waals surface area contributed by atoms with Gasteiger partial charge in [0.2, 0.25) is 5.91 Å². The highest BCUT2D eigenvalue weighted by Crippen LogP contribution is 2.37. The van der Waals surface area contributed by atoms with Crippen molar-refractivity contribution in [2.45, 2.75) is 43.4 Å². The second kappa shape index (κ2) is 6.25. The molecule has 7 nitrogen and oxygen atoms in total. The molecule has 1 unspecified atom stereocenters. The van der Waals surface area contributed by atoms with Gasteiger partial charge in [-0.3, -0.25) is 4.79 Å². The number of rotatable bonds is 7. The smallest absolute Gasteiger partial charge is 0.326 e. The average Bonchev–Trinajstić information content (AvgIpc) is 3.15. The maximum atomic E-state index is 12.0. The van der Waals surface area contributed by atoms with Gasteiger partial charge >= 0.3 is 5.97 Å². The predicted molar refractivity (Wildman–Crippen MR) is 73.5 cm³/mol. The van der Waals surface area contributed by atoms with Crippen LogP contribution in [0.15, 0.2) is 11.5 Å². The Balaban J connectivity index is 1.91. The zero-order valence-corrected chi connectivity index (χ0v) is 12.3. The number of aliphatic carboxylic acids is 1. The number of carboxylic acid groups (broad SMARTS) is 1. The third-order valence-electron chi connectivity index (χ3n) is 3.34. The molecule has 0 bridgehead atoms. The maximum absolute atomic E-state index is 12.0. The van der Waals surface area contributed by atoms with Crippen LogP contribution in [0.25, 0.3) is 0 Å². The van der Waals surface area contributed by atoms with E-state index in [9.17, 15) is 9.59 Å². The molecule has 0 radical (unpaired) electrons. The van der Waals surface area contributed by atoms with Gasteiger partial charge in [0.1, 0.15) is 12.4 Å². The Morgan fingerprint density at radius 2 is 2.30 bits per heavy atom. The van der Waals surface area contributed by atoms with Crippen LogP contribution in [0.5, 0.6) is 0 Å². The lowest BCUT2D eigenvalue weighted by Crippen LogP contribution is -2.42. The van der Waals surface area contributed by atoms with E-state index >= 15 is 0 Å². The summed E-state index contributed by atoms with van der Waals surface area (Å²) < 4.78 is 1.98. The first-order valence-corrected chi connectivity index (χ1v) is 7.54. The molecule has 2 rings (SSSR count). The summed E-state index contributed by atoms with van der Waals surface area (Å²) in [6, 6.07) is -0.313. The van der Waals surface area contributed by atoms with Gasteiger partial charge in [-0.1, -0.05) is 18.7 Å². The van der Waals surface area contributed by atoms with Crippen molar-refractivity contribution in [3.05, 3.63) is 6.33 Å². The van der Waals surface area contributed by atoms with Crippen molar-refractivity contribution in [3.8, 4) is 0 Å². The molecule has 8 heteroatoms. The largest absolute Gasteiger partial charge is 0.480 e. The van der Waals surface area contributed by atoms with Gasteiger partial charge < -0.3 is 14.6 Å². The van der Waals surface area contributed by atoms with Crippen LogP contribution >= 0.6 is 11.8 Å². The van der Waals surface area contributed by atoms with Gasteiger partial charge in [0.15, 0.2) is 5.16 Å². The Morgan fingerprint density at radius 3 is 2.85 bits per heavy atom. The second-order valence-corrected chi connectivity index (χ2v) is 5.75. The average molecular weight is 298 g/mol. The highest BCUT2D eigenvalue weighted by atomic mass is 32.2. The number of hydrogen-bond acceptors (Lipinski definition) is 5. The van der Waals surface area contributed by atoms with E-state index in [2.05, 4.69) is 10.2 Å². The lowest BCUT2D eigenvalue weighted by Gasteiger charge is -2.23. The topological polar surface area (TPSA) is 88.3 Å². The van der Waals surface area contributed by atoms with Crippen molar-refractivity contribution >= 4 is 23.6 Å². The normalized spacial score (nSPS) is 15.9. The van der Waals surface area contributed by atoms with Crippen molar-refractivity contribution in [3.63, 3.8) is 0 Å². The third-order valence-corrected chi connectivity index (χ3v) is 4.28. The molecule has 1 amide bonds. The molecule has 1 atom stereocenters. The standard InChI is InChI=1S/C12H18N4O3S/c1-3-9(11(18)19)15(2)10(17)6-20-12-14-13-7-16(12)8-4-5-8/h7-9H,3-6H2,1-2H3,(H,18,19).